The van der Waals surface area contributed by atoms with Crippen molar-refractivity contribution in [2.75, 3.05) is 0 Å². The first-order valence-electron chi connectivity index (χ1n) is 4.43. The maximum Gasteiger partial charge on any atom is 0.331 e. The van der Waals surface area contributed by atoms with E-state index in [0.717, 1.165) is 6.07 Å². The normalized spacial score (nSPS) is 11.8. The Labute approximate surface area is 91.1 Å². The van der Waals surface area contributed by atoms with E-state index in [2.05, 4.69) is 5.32 Å². The monoisotopic (exact) mass is 225 g/mol. The molecule has 1 aromatic carbocycles. The molecular formula is C10H11NO5. The number of aliphatic carboxylic acids is 1. The number of phenolic OH excluding ortho intramolecular Hbond substituents is 2. The molecule has 86 valence electrons. The Kier molecular flexibility index (Phi) is 3.34. The molecule has 0 aliphatic heterocycles. The van der Waals surface area contributed by atoms with Crippen molar-refractivity contribution in [2.45, 2.75) is 13.0 Å². The number of hydrogen-bond donors (Lipinski definition) is 4. The number of amides is 1. The molecule has 0 radical (unpaired) electrons. The minimum atomic E-state index is -1.34. The number of hydrogen-bond acceptors (Lipinski definition) is 4. The Bertz CT molecular complexity index is 429. The van der Waals surface area contributed by atoms with E-state index < -0.39 is 17.9 Å². The second-order valence-electron chi connectivity index (χ2n) is 3.21. The molecule has 4 N–H and O–H groups in total. The summed E-state index contributed by atoms with van der Waals surface area (Å²) in [5.41, 5.74) is 0.0144. The number of aromatic hydroxyl groups is 2. The fourth-order valence-electron chi connectivity index (χ4n) is 1.25. The predicted octanol–water partition coefficient (Wildman–Crippen LogP) is 0.360. The van der Waals surface area contributed by atoms with Crippen molar-refractivity contribution in [3.05, 3.63) is 23.8 Å². The third-order valence-corrected chi connectivity index (χ3v) is 1.92. The Morgan fingerprint density at radius 2 is 1.94 bits per heavy atom. The van der Waals surface area contributed by atoms with Crippen LogP contribution in [0.3, 0.4) is 0 Å². The molecule has 1 unspecified atom stereocenters. The highest BCUT2D eigenvalue weighted by Crippen LogP contribution is 2.28. The van der Waals surface area contributed by atoms with Gasteiger partial charge in [0, 0.05) is 18.6 Å². The van der Waals surface area contributed by atoms with Crippen molar-refractivity contribution in [3.63, 3.8) is 0 Å². The van der Waals surface area contributed by atoms with Crippen LogP contribution in [0.4, 0.5) is 0 Å². The highest BCUT2D eigenvalue weighted by atomic mass is 16.4. The summed E-state index contributed by atoms with van der Waals surface area (Å²) >= 11 is 0. The van der Waals surface area contributed by atoms with Gasteiger partial charge in [-0.05, 0) is 12.1 Å². The molecule has 0 saturated heterocycles. The maximum atomic E-state index is 10.9. The Morgan fingerprint density at radius 3 is 2.38 bits per heavy atom. The summed E-state index contributed by atoms with van der Waals surface area (Å²) in [6, 6.07) is 2.14. The third kappa shape index (κ3) is 2.63. The van der Waals surface area contributed by atoms with Crippen molar-refractivity contribution < 1.29 is 24.9 Å². The lowest BCUT2D eigenvalue weighted by molar-refractivity contribution is -0.141. The molecule has 0 aliphatic rings. The molecule has 6 nitrogen and oxygen atoms in total. The highest BCUT2D eigenvalue weighted by Gasteiger charge is 2.23. The Morgan fingerprint density at radius 1 is 1.31 bits per heavy atom. The molecule has 1 atom stereocenters. The average molecular weight is 225 g/mol. The lowest BCUT2D eigenvalue weighted by Gasteiger charge is -2.14. The SMILES string of the molecule is CC(=O)NC(C(=O)O)c1ccc(O)cc1O. The smallest absolute Gasteiger partial charge is 0.331 e. The van der Waals surface area contributed by atoms with Crippen LogP contribution in [0, 0.1) is 0 Å². The first kappa shape index (κ1) is 11.8. The number of rotatable bonds is 3. The molecule has 0 spiro atoms. The summed E-state index contributed by atoms with van der Waals surface area (Å²) in [6.45, 7) is 1.17. The van der Waals surface area contributed by atoms with Gasteiger partial charge in [0.25, 0.3) is 0 Å². The van der Waals surface area contributed by atoms with E-state index in [4.69, 9.17) is 10.2 Å². The molecule has 1 rings (SSSR count). The van der Waals surface area contributed by atoms with Gasteiger partial charge >= 0.3 is 5.97 Å². The van der Waals surface area contributed by atoms with Gasteiger partial charge in [-0.25, -0.2) is 4.79 Å². The zero-order valence-electron chi connectivity index (χ0n) is 8.47. The van der Waals surface area contributed by atoms with Crippen LogP contribution < -0.4 is 5.32 Å². The van der Waals surface area contributed by atoms with E-state index in [1.165, 1.54) is 19.1 Å². The minimum Gasteiger partial charge on any atom is -0.508 e. The number of carbonyl (C=O) groups excluding carboxylic acids is 1. The van der Waals surface area contributed by atoms with Crippen molar-refractivity contribution in [3.8, 4) is 11.5 Å². The Balaban J connectivity index is 3.10. The number of phenols is 2. The van der Waals surface area contributed by atoms with Gasteiger partial charge in [0.1, 0.15) is 11.5 Å². The van der Waals surface area contributed by atoms with Crippen LogP contribution in [0.1, 0.15) is 18.5 Å². The van der Waals surface area contributed by atoms with Crippen molar-refractivity contribution in [1.82, 2.24) is 5.32 Å². The number of nitrogens with one attached hydrogen (secondary N) is 1. The summed E-state index contributed by atoms with van der Waals surface area (Å²) in [4.78, 5) is 21.7. The van der Waals surface area contributed by atoms with Crippen LogP contribution in [0.25, 0.3) is 0 Å². The van der Waals surface area contributed by atoms with Crippen LogP contribution in [0.15, 0.2) is 18.2 Å². The number of carbonyl (C=O) groups is 2. The van der Waals surface area contributed by atoms with E-state index in [9.17, 15) is 14.7 Å². The van der Waals surface area contributed by atoms with E-state index in [0.29, 0.717) is 0 Å². The molecule has 6 heteroatoms. The van der Waals surface area contributed by atoms with Gasteiger partial charge in [-0.15, -0.1) is 0 Å². The molecule has 0 fully saturated rings. The topological polar surface area (TPSA) is 107 Å². The molecule has 1 amide bonds. The average Bonchev–Trinajstić information content (AvgIpc) is 2.14. The van der Waals surface area contributed by atoms with Crippen LogP contribution in [0.2, 0.25) is 0 Å². The third-order valence-electron chi connectivity index (χ3n) is 1.92. The zero-order chi connectivity index (χ0) is 12.3. The fourth-order valence-corrected chi connectivity index (χ4v) is 1.25. The molecular weight excluding hydrogens is 214 g/mol. The maximum absolute atomic E-state index is 10.9. The number of carboxylic acids is 1. The van der Waals surface area contributed by atoms with E-state index >= 15 is 0 Å². The minimum absolute atomic E-state index is 0.0144. The second-order valence-corrected chi connectivity index (χ2v) is 3.21. The van der Waals surface area contributed by atoms with Gasteiger partial charge in [0.2, 0.25) is 5.91 Å². The predicted molar refractivity (Wildman–Crippen MR) is 54.0 cm³/mol. The molecule has 0 aliphatic carbocycles. The van der Waals surface area contributed by atoms with Crippen molar-refractivity contribution in [1.29, 1.82) is 0 Å². The van der Waals surface area contributed by atoms with Crippen LogP contribution >= 0.6 is 0 Å². The molecule has 0 aromatic heterocycles. The summed E-state index contributed by atoms with van der Waals surface area (Å²) in [6.07, 6.45) is 0. The van der Waals surface area contributed by atoms with Crippen molar-refractivity contribution in [2.24, 2.45) is 0 Å². The summed E-state index contributed by atoms with van der Waals surface area (Å²) < 4.78 is 0. The molecule has 0 bridgehead atoms. The number of carboxylic acid groups (broad SMARTS) is 1. The quantitative estimate of drug-likeness (QED) is 0.594. The largest absolute Gasteiger partial charge is 0.508 e. The first-order valence-corrected chi connectivity index (χ1v) is 4.43. The summed E-state index contributed by atoms with van der Waals surface area (Å²) in [5.74, 6) is -2.40. The van der Waals surface area contributed by atoms with E-state index in [1.807, 2.05) is 0 Å². The molecule has 0 saturated carbocycles. The number of benzene rings is 1. The zero-order valence-corrected chi connectivity index (χ0v) is 8.47. The van der Waals surface area contributed by atoms with Gasteiger partial charge in [0.15, 0.2) is 6.04 Å². The van der Waals surface area contributed by atoms with Crippen molar-refractivity contribution >= 4 is 11.9 Å². The highest BCUT2D eigenvalue weighted by molar-refractivity contribution is 5.84. The standard InChI is InChI=1S/C10H11NO5/c1-5(12)11-9(10(15)16)7-3-2-6(13)4-8(7)14/h2-4,9,13-14H,1H3,(H,11,12)(H,15,16). The van der Waals surface area contributed by atoms with Gasteiger partial charge in [-0.1, -0.05) is 0 Å². The lowest BCUT2D eigenvalue weighted by atomic mass is 10.1. The van der Waals surface area contributed by atoms with Gasteiger partial charge in [-0.2, -0.15) is 0 Å². The van der Waals surface area contributed by atoms with Gasteiger partial charge in [-0.3, -0.25) is 4.79 Å². The molecule has 1 aromatic rings. The lowest BCUT2D eigenvalue weighted by Crippen LogP contribution is -2.31. The van der Waals surface area contributed by atoms with E-state index in [-0.39, 0.29) is 17.1 Å². The molecule has 0 heterocycles. The van der Waals surface area contributed by atoms with Crippen LogP contribution in [0.5, 0.6) is 11.5 Å². The van der Waals surface area contributed by atoms with Crippen LogP contribution in [-0.4, -0.2) is 27.2 Å². The first-order chi connectivity index (χ1) is 7.41. The van der Waals surface area contributed by atoms with Crippen LogP contribution in [-0.2, 0) is 9.59 Å². The van der Waals surface area contributed by atoms with Gasteiger partial charge < -0.3 is 20.6 Å². The fraction of sp³-hybridized carbons (Fsp3) is 0.200. The Hall–Kier alpha value is -2.24. The molecule has 16 heavy (non-hydrogen) atoms. The summed E-state index contributed by atoms with van der Waals surface area (Å²) in [5, 5.41) is 29.6. The summed E-state index contributed by atoms with van der Waals surface area (Å²) in [7, 11) is 0. The van der Waals surface area contributed by atoms with Gasteiger partial charge in [0.05, 0.1) is 0 Å². The van der Waals surface area contributed by atoms with E-state index in [1.54, 1.807) is 0 Å². The second kappa shape index (κ2) is 4.52.